The van der Waals surface area contributed by atoms with Gasteiger partial charge in [0.25, 0.3) is 0 Å². The number of ether oxygens (including phenoxy) is 1. The summed E-state index contributed by atoms with van der Waals surface area (Å²) in [6.45, 7) is 1.17. The van der Waals surface area contributed by atoms with E-state index < -0.39 is 0 Å². The number of hydrogen-bond donors (Lipinski definition) is 2. The quantitative estimate of drug-likeness (QED) is 0.774. The smallest absolute Gasteiger partial charge is 0.222 e. The summed E-state index contributed by atoms with van der Waals surface area (Å²) in [7, 11) is 0. The van der Waals surface area contributed by atoms with E-state index in [0.29, 0.717) is 18.8 Å². The minimum absolute atomic E-state index is 0.00306. The zero-order chi connectivity index (χ0) is 11.2. The molecule has 6 nitrogen and oxygen atoms in total. The summed E-state index contributed by atoms with van der Waals surface area (Å²) in [5.41, 5.74) is 0. The van der Waals surface area contributed by atoms with Crippen LogP contribution in [0.3, 0.4) is 0 Å². The Kier molecular flexibility index (Phi) is 3.87. The van der Waals surface area contributed by atoms with Crippen LogP contribution < -0.4 is 5.32 Å². The monoisotopic (exact) mass is 224 g/mol. The molecule has 1 aromatic rings. The predicted molar refractivity (Wildman–Crippen MR) is 56.4 cm³/mol. The molecule has 1 aromatic heterocycles. The molecule has 1 aliphatic heterocycles. The van der Waals surface area contributed by atoms with Crippen LogP contribution in [0.25, 0.3) is 0 Å². The highest BCUT2D eigenvalue weighted by Crippen LogP contribution is 2.15. The summed E-state index contributed by atoms with van der Waals surface area (Å²) in [6.07, 6.45) is 5.19. The average Bonchev–Trinajstić information content (AvgIpc) is 2.81. The lowest BCUT2D eigenvalue weighted by molar-refractivity contribution is -0.125. The molecule has 1 atom stereocenters. The van der Waals surface area contributed by atoms with Gasteiger partial charge in [0.1, 0.15) is 12.2 Å². The molecular weight excluding hydrogens is 208 g/mol. The Bertz CT molecular complexity index is 320. The van der Waals surface area contributed by atoms with Crippen LogP contribution in [0.5, 0.6) is 0 Å². The first kappa shape index (κ1) is 11.1. The van der Waals surface area contributed by atoms with Crippen LogP contribution in [0.2, 0.25) is 0 Å². The van der Waals surface area contributed by atoms with Crippen molar-refractivity contribution in [2.75, 3.05) is 6.61 Å². The number of aromatic nitrogens is 3. The van der Waals surface area contributed by atoms with Crippen molar-refractivity contribution in [3.63, 3.8) is 0 Å². The lowest BCUT2D eigenvalue weighted by Gasteiger charge is -2.21. The third-order valence-electron chi connectivity index (χ3n) is 2.60. The Morgan fingerprint density at radius 3 is 3.25 bits per heavy atom. The fourth-order valence-corrected chi connectivity index (χ4v) is 1.75. The zero-order valence-electron chi connectivity index (χ0n) is 9.11. The van der Waals surface area contributed by atoms with E-state index >= 15 is 0 Å². The van der Waals surface area contributed by atoms with Crippen LogP contribution in [-0.4, -0.2) is 33.8 Å². The van der Waals surface area contributed by atoms with Crippen molar-refractivity contribution >= 4 is 5.91 Å². The van der Waals surface area contributed by atoms with Crippen molar-refractivity contribution in [2.24, 2.45) is 0 Å². The number of aromatic amines is 1. The maximum absolute atomic E-state index is 11.6. The Morgan fingerprint density at radius 2 is 2.56 bits per heavy atom. The Morgan fingerprint density at radius 1 is 1.62 bits per heavy atom. The second-order valence-corrected chi connectivity index (χ2v) is 3.90. The SMILES string of the molecule is O=C(CC1CCCCO1)NCc1ncn[nH]1. The molecule has 0 saturated carbocycles. The molecule has 1 aliphatic rings. The highest BCUT2D eigenvalue weighted by atomic mass is 16.5. The number of nitrogens with zero attached hydrogens (tertiary/aromatic N) is 2. The van der Waals surface area contributed by atoms with E-state index in [9.17, 15) is 4.79 Å². The van der Waals surface area contributed by atoms with Gasteiger partial charge >= 0.3 is 0 Å². The second kappa shape index (κ2) is 5.60. The predicted octanol–water partition coefficient (Wildman–Crippen LogP) is 0.380. The number of hydrogen-bond acceptors (Lipinski definition) is 4. The van der Waals surface area contributed by atoms with Gasteiger partial charge in [-0.2, -0.15) is 5.10 Å². The maximum Gasteiger partial charge on any atom is 0.222 e. The highest BCUT2D eigenvalue weighted by Gasteiger charge is 2.17. The Balaban J connectivity index is 1.67. The molecule has 1 saturated heterocycles. The molecule has 0 aliphatic carbocycles. The van der Waals surface area contributed by atoms with Crippen LogP contribution in [-0.2, 0) is 16.1 Å². The Labute approximate surface area is 93.8 Å². The number of carbonyl (C=O) groups is 1. The molecule has 0 bridgehead atoms. The number of rotatable bonds is 4. The summed E-state index contributed by atoms with van der Waals surface area (Å²) in [4.78, 5) is 15.5. The van der Waals surface area contributed by atoms with Gasteiger partial charge in [0.2, 0.25) is 5.91 Å². The minimum Gasteiger partial charge on any atom is -0.378 e. The second-order valence-electron chi connectivity index (χ2n) is 3.90. The summed E-state index contributed by atoms with van der Waals surface area (Å²) in [5, 5.41) is 9.17. The molecule has 16 heavy (non-hydrogen) atoms. The third-order valence-corrected chi connectivity index (χ3v) is 2.60. The van der Waals surface area contributed by atoms with E-state index in [1.807, 2.05) is 0 Å². The highest BCUT2D eigenvalue weighted by molar-refractivity contribution is 5.76. The summed E-state index contributed by atoms with van der Waals surface area (Å²) in [5.74, 6) is 0.668. The third kappa shape index (κ3) is 3.30. The first-order valence-corrected chi connectivity index (χ1v) is 5.57. The van der Waals surface area contributed by atoms with Crippen LogP contribution in [0.1, 0.15) is 31.5 Å². The average molecular weight is 224 g/mol. The molecule has 0 spiro atoms. The largest absolute Gasteiger partial charge is 0.378 e. The van der Waals surface area contributed by atoms with E-state index in [0.717, 1.165) is 25.9 Å². The van der Waals surface area contributed by atoms with Crippen molar-refractivity contribution in [1.29, 1.82) is 0 Å². The van der Waals surface area contributed by atoms with Crippen LogP contribution in [0, 0.1) is 0 Å². The van der Waals surface area contributed by atoms with Gasteiger partial charge in [-0.25, -0.2) is 4.98 Å². The molecule has 88 valence electrons. The van der Waals surface area contributed by atoms with Gasteiger partial charge in [0.05, 0.1) is 19.1 Å². The van der Waals surface area contributed by atoms with Gasteiger partial charge in [-0.3, -0.25) is 9.89 Å². The number of carbonyl (C=O) groups excluding carboxylic acids is 1. The van der Waals surface area contributed by atoms with E-state index in [-0.39, 0.29) is 12.0 Å². The number of nitrogens with one attached hydrogen (secondary N) is 2. The van der Waals surface area contributed by atoms with Gasteiger partial charge < -0.3 is 10.1 Å². The van der Waals surface area contributed by atoms with Gasteiger partial charge in [-0.05, 0) is 19.3 Å². The zero-order valence-corrected chi connectivity index (χ0v) is 9.11. The summed E-state index contributed by atoms with van der Waals surface area (Å²) < 4.78 is 5.49. The molecular formula is C10H16N4O2. The van der Waals surface area contributed by atoms with Crippen LogP contribution >= 0.6 is 0 Å². The fourth-order valence-electron chi connectivity index (χ4n) is 1.75. The molecule has 0 radical (unpaired) electrons. The standard InChI is InChI=1S/C10H16N4O2/c15-10(5-8-3-1-2-4-16-8)11-6-9-12-7-13-14-9/h7-8H,1-6H2,(H,11,15)(H,12,13,14). The van der Waals surface area contributed by atoms with Crippen molar-refractivity contribution in [2.45, 2.75) is 38.3 Å². The molecule has 0 aromatic carbocycles. The molecule has 6 heteroatoms. The van der Waals surface area contributed by atoms with E-state index in [2.05, 4.69) is 20.5 Å². The normalized spacial score (nSPS) is 20.6. The molecule has 1 unspecified atom stereocenters. The minimum atomic E-state index is 0.00306. The molecule has 2 heterocycles. The van der Waals surface area contributed by atoms with Gasteiger partial charge in [0, 0.05) is 6.61 Å². The Hall–Kier alpha value is -1.43. The van der Waals surface area contributed by atoms with Gasteiger partial charge in [-0.1, -0.05) is 0 Å². The molecule has 1 amide bonds. The lowest BCUT2D eigenvalue weighted by Crippen LogP contribution is -2.30. The van der Waals surface area contributed by atoms with Crippen molar-refractivity contribution in [3.8, 4) is 0 Å². The van der Waals surface area contributed by atoms with E-state index in [4.69, 9.17) is 4.74 Å². The van der Waals surface area contributed by atoms with E-state index in [1.165, 1.54) is 6.33 Å². The molecule has 2 rings (SSSR count). The first-order chi connectivity index (χ1) is 7.84. The number of amides is 1. The van der Waals surface area contributed by atoms with Crippen LogP contribution in [0.4, 0.5) is 0 Å². The van der Waals surface area contributed by atoms with Crippen LogP contribution in [0.15, 0.2) is 6.33 Å². The first-order valence-electron chi connectivity index (χ1n) is 5.57. The van der Waals surface area contributed by atoms with Crippen molar-refractivity contribution < 1.29 is 9.53 Å². The van der Waals surface area contributed by atoms with Crippen molar-refractivity contribution in [3.05, 3.63) is 12.2 Å². The topological polar surface area (TPSA) is 79.9 Å². The fraction of sp³-hybridized carbons (Fsp3) is 0.700. The number of H-pyrrole nitrogens is 1. The van der Waals surface area contributed by atoms with Crippen molar-refractivity contribution in [1.82, 2.24) is 20.5 Å². The molecule has 2 N–H and O–H groups in total. The summed E-state index contributed by atoms with van der Waals surface area (Å²) >= 11 is 0. The molecule has 1 fully saturated rings. The lowest BCUT2D eigenvalue weighted by atomic mass is 10.1. The van der Waals surface area contributed by atoms with E-state index in [1.54, 1.807) is 0 Å². The summed E-state index contributed by atoms with van der Waals surface area (Å²) in [6, 6.07) is 0. The van der Waals surface area contributed by atoms with Gasteiger partial charge in [0.15, 0.2) is 0 Å². The van der Waals surface area contributed by atoms with Gasteiger partial charge in [-0.15, -0.1) is 0 Å². The maximum atomic E-state index is 11.6.